The van der Waals surface area contributed by atoms with Crippen molar-refractivity contribution in [1.82, 2.24) is 19.7 Å². The van der Waals surface area contributed by atoms with Crippen LogP contribution in [0.1, 0.15) is 11.4 Å². The van der Waals surface area contributed by atoms with E-state index in [4.69, 9.17) is 5.73 Å². The second kappa shape index (κ2) is 4.08. The zero-order chi connectivity index (χ0) is 10.7. The van der Waals surface area contributed by atoms with E-state index in [0.29, 0.717) is 5.82 Å². The van der Waals surface area contributed by atoms with Crippen LogP contribution in [-0.2, 0) is 19.9 Å². The van der Waals surface area contributed by atoms with Gasteiger partial charge in [-0.05, 0) is 24.1 Å². The van der Waals surface area contributed by atoms with E-state index < -0.39 is 0 Å². The number of hydrogen-bond acceptors (Lipinski definition) is 4. The van der Waals surface area contributed by atoms with Crippen LogP contribution in [-0.4, -0.2) is 19.7 Å². The van der Waals surface area contributed by atoms with Gasteiger partial charge in [-0.15, -0.1) is 0 Å². The molecule has 2 aromatic rings. The molecule has 2 rings (SSSR count). The number of rotatable bonds is 3. The topological polar surface area (TPSA) is 69.6 Å². The molecule has 0 amide bonds. The van der Waals surface area contributed by atoms with Crippen LogP contribution in [0.4, 0.5) is 5.82 Å². The minimum atomic E-state index is 0.561. The van der Waals surface area contributed by atoms with E-state index in [0.717, 1.165) is 18.7 Å². The Labute approximate surface area is 88.0 Å². The molecular weight excluding hydrogens is 190 g/mol. The number of anilines is 1. The molecule has 0 aliphatic heterocycles. The normalized spacial score (nSPS) is 10.5. The lowest BCUT2D eigenvalue weighted by atomic mass is 10.1. The summed E-state index contributed by atoms with van der Waals surface area (Å²) in [5.41, 5.74) is 6.76. The van der Waals surface area contributed by atoms with Gasteiger partial charge in [0, 0.05) is 19.7 Å². The van der Waals surface area contributed by atoms with Crippen molar-refractivity contribution in [1.29, 1.82) is 0 Å². The summed E-state index contributed by atoms with van der Waals surface area (Å²) < 4.78 is 1.78. The van der Waals surface area contributed by atoms with E-state index >= 15 is 0 Å². The highest BCUT2D eigenvalue weighted by Crippen LogP contribution is 2.06. The zero-order valence-electron chi connectivity index (χ0n) is 8.59. The van der Waals surface area contributed by atoms with Crippen LogP contribution in [0, 0.1) is 0 Å². The lowest BCUT2D eigenvalue weighted by Crippen LogP contribution is -2.02. The van der Waals surface area contributed by atoms with Gasteiger partial charge < -0.3 is 5.73 Å². The van der Waals surface area contributed by atoms with Crippen molar-refractivity contribution in [3.8, 4) is 0 Å². The largest absolute Gasteiger partial charge is 0.384 e. The average molecular weight is 203 g/mol. The molecule has 5 nitrogen and oxygen atoms in total. The minimum absolute atomic E-state index is 0.561. The molecule has 0 aromatic carbocycles. The highest BCUT2D eigenvalue weighted by atomic mass is 15.3. The Hall–Kier alpha value is -1.91. The number of aromatic nitrogens is 4. The maximum Gasteiger partial charge on any atom is 0.138 e. The van der Waals surface area contributed by atoms with E-state index in [2.05, 4.69) is 15.1 Å². The first-order valence-corrected chi connectivity index (χ1v) is 4.79. The monoisotopic (exact) mass is 203 g/mol. The van der Waals surface area contributed by atoms with Gasteiger partial charge in [0.05, 0.1) is 0 Å². The molecular formula is C10H13N5. The van der Waals surface area contributed by atoms with E-state index in [1.54, 1.807) is 17.2 Å². The predicted molar refractivity (Wildman–Crippen MR) is 57.1 cm³/mol. The molecule has 0 atom stereocenters. The first kappa shape index (κ1) is 9.64. The number of pyridine rings is 1. The molecule has 0 aliphatic carbocycles. The predicted octanol–water partition coefficient (Wildman–Crippen LogP) is 0.578. The van der Waals surface area contributed by atoms with E-state index in [1.807, 2.05) is 19.2 Å². The van der Waals surface area contributed by atoms with Crippen LogP contribution in [0.3, 0.4) is 0 Å². The van der Waals surface area contributed by atoms with Crippen molar-refractivity contribution in [3.05, 3.63) is 36.0 Å². The number of nitrogens with two attached hydrogens (primary N) is 1. The van der Waals surface area contributed by atoms with Gasteiger partial charge in [0.1, 0.15) is 18.0 Å². The third-order valence-electron chi connectivity index (χ3n) is 2.29. The Balaban J connectivity index is 2.02. The Morgan fingerprint density at radius 3 is 2.87 bits per heavy atom. The maximum absolute atomic E-state index is 5.59. The van der Waals surface area contributed by atoms with Gasteiger partial charge in [-0.2, -0.15) is 5.10 Å². The van der Waals surface area contributed by atoms with Gasteiger partial charge in [-0.25, -0.2) is 9.97 Å². The summed E-state index contributed by atoms with van der Waals surface area (Å²) in [5, 5.41) is 4.01. The van der Waals surface area contributed by atoms with Crippen molar-refractivity contribution in [2.45, 2.75) is 12.8 Å². The summed E-state index contributed by atoms with van der Waals surface area (Å²) in [4.78, 5) is 8.11. The van der Waals surface area contributed by atoms with Crippen LogP contribution in [0.2, 0.25) is 0 Å². The number of nitrogen functional groups attached to an aromatic ring is 1. The molecule has 2 heterocycles. The third-order valence-corrected chi connectivity index (χ3v) is 2.29. The standard InChI is InChI=1S/C10H13N5/c1-15-10(13-7-14-15)3-2-8-4-5-12-9(11)6-8/h4-7H,2-3H2,1H3,(H2,11,12). The summed E-state index contributed by atoms with van der Waals surface area (Å²) in [6, 6.07) is 3.85. The van der Waals surface area contributed by atoms with Crippen molar-refractivity contribution < 1.29 is 0 Å². The maximum atomic E-state index is 5.59. The smallest absolute Gasteiger partial charge is 0.138 e. The van der Waals surface area contributed by atoms with Crippen molar-refractivity contribution in [2.75, 3.05) is 5.73 Å². The minimum Gasteiger partial charge on any atom is -0.384 e. The molecule has 0 saturated heterocycles. The van der Waals surface area contributed by atoms with Gasteiger partial charge in [-0.3, -0.25) is 4.68 Å². The fraction of sp³-hybridized carbons (Fsp3) is 0.300. The lowest BCUT2D eigenvalue weighted by molar-refractivity contribution is 0.692. The van der Waals surface area contributed by atoms with Crippen LogP contribution in [0.5, 0.6) is 0 Å². The van der Waals surface area contributed by atoms with E-state index in [9.17, 15) is 0 Å². The molecule has 5 heteroatoms. The quantitative estimate of drug-likeness (QED) is 0.792. The third kappa shape index (κ3) is 2.31. The molecule has 0 spiro atoms. The molecule has 15 heavy (non-hydrogen) atoms. The highest BCUT2D eigenvalue weighted by Gasteiger charge is 2.01. The fourth-order valence-electron chi connectivity index (χ4n) is 1.45. The number of nitrogens with zero attached hydrogens (tertiary/aromatic N) is 4. The Kier molecular flexibility index (Phi) is 2.62. The lowest BCUT2D eigenvalue weighted by Gasteiger charge is -2.01. The van der Waals surface area contributed by atoms with Crippen LogP contribution < -0.4 is 5.73 Å². The highest BCUT2D eigenvalue weighted by molar-refractivity contribution is 5.31. The molecule has 78 valence electrons. The number of aryl methyl sites for hydroxylation is 3. The van der Waals surface area contributed by atoms with Crippen molar-refractivity contribution >= 4 is 5.82 Å². The average Bonchev–Trinajstić information content (AvgIpc) is 2.61. The molecule has 2 N–H and O–H groups in total. The van der Waals surface area contributed by atoms with Crippen LogP contribution >= 0.6 is 0 Å². The summed E-state index contributed by atoms with van der Waals surface area (Å²) in [7, 11) is 1.89. The Morgan fingerprint density at radius 2 is 2.20 bits per heavy atom. The number of hydrogen-bond donors (Lipinski definition) is 1. The first-order chi connectivity index (χ1) is 7.25. The van der Waals surface area contributed by atoms with Gasteiger partial charge >= 0.3 is 0 Å². The van der Waals surface area contributed by atoms with Crippen molar-refractivity contribution in [2.24, 2.45) is 7.05 Å². The summed E-state index contributed by atoms with van der Waals surface area (Å²) >= 11 is 0. The van der Waals surface area contributed by atoms with Gasteiger partial charge in [0.2, 0.25) is 0 Å². The molecule has 0 fully saturated rings. The first-order valence-electron chi connectivity index (χ1n) is 4.79. The van der Waals surface area contributed by atoms with Gasteiger partial charge in [-0.1, -0.05) is 0 Å². The molecule has 0 bridgehead atoms. The van der Waals surface area contributed by atoms with Gasteiger partial charge in [0.15, 0.2) is 0 Å². The van der Waals surface area contributed by atoms with E-state index in [1.165, 1.54) is 5.56 Å². The zero-order valence-corrected chi connectivity index (χ0v) is 8.59. The molecule has 0 radical (unpaired) electrons. The van der Waals surface area contributed by atoms with E-state index in [-0.39, 0.29) is 0 Å². The second-order valence-corrected chi connectivity index (χ2v) is 3.39. The fourth-order valence-corrected chi connectivity index (χ4v) is 1.45. The summed E-state index contributed by atoms with van der Waals surface area (Å²) in [5.74, 6) is 1.54. The Bertz CT molecular complexity index is 449. The second-order valence-electron chi connectivity index (χ2n) is 3.39. The SMILES string of the molecule is Cn1ncnc1CCc1ccnc(N)c1. The molecule has 0 saturated carbocycles. The summed E-state index contributed by atoms with van der Waals surface area (Å²) in [6.07, 6.45) is 5.05. The van der Waals surface area contributed by atoms with Crippen molar-refractivity contribution in [3.63, 3.8) is 0 Å². The van der Waals surface area contributed by atoms with Crippen LogP contribution in [0.15, 0.2) is 24.7 Å². The summed E-state index contributed by atoms with van der Waals surface area (Å²) in [6.45, 7) is 0. The Morgan fingerprint density at radius 1 is 1.33 bits per heavy atom. The van der Waals surface area contributed by atoms with Crippen LogP contribution in [0.25, 0.3) is 0 Å². The molecule has 2 aromatic heterocycles. The molecule has 0 aliphatic rings. The van der Waals surface area contributed by atoms with Gasteiger partial charge in [0.25, 0.3) is 0 Å². The molecule has 0 unspecified atom stereocenters.